The first kappa shape index (κ1) is 23.9. The number of piperidine rings is 1. The molecule has 1 aliphatic rings. The van der Waals surface area contributed by atoms with Crippen LogP contribution in [0.5, 0.6) is 5.75 Å². The number of fused-ring (bicyclic) bond motifs is 1. The van der Waals surface area contributed by atoms with Gasteiger partial charge in [0.25, 0.3) is 0 Å². The van der Waals surface area contributed by atoms with Crippen molar-refractivity contribution in [3.63, 3.8) is 0 Å². The summed E-state index contributed by atoms with van der Waals surface area (Å²) in [5.41, 5.74) is 0.317. The van der Waals surface area contributed by atoms with Crippen LogP contribution in [0.3, 0.4) is 0 Å². The lowest BCUT2D eigenvalue weighted by Gasteiger charge is -2.26. The van der Waals surface area contributed by atoms with Gasteiger partial charge in [-0.2, -0.15) is 4.31 Å². The molecule has 180 valence electrons. The molecule has 4 rings (SSSR count). The number of halogens is 1. The summed E-state index contributed by atoms with van der Waals surface area (Å²) in [6, 6.07) is 7.22. The number of rotatable bonds is 6. The normalized spacial score (nSPS) is 14.9. The summed E-state index contributed by atoms with van der Waals surface area (Å²) in [5.74, 6) is -1.83. The molecule has 1 aliphatic heterocycles. The number of carbonyl (C=O) groups excluding carboxylic acids is 1. The number of nitrogens with zero attached hydrogens (tertiary/aromatic N) is 1. The van der Waals surface area contributed by atoms with Gasteiger partial charge in [0.15, 0.2) is 0 Å². The molecule has 10 heteroatoms. The molecule has 2 heterocycles. The van der Waals surface area contributed by atoms with Crippen LogP contribution in [0.15, 0.2) is 50.5 Å². The third-order valence-corrected chi connectivity index (χ3v) is 7.78. The lowest BCUT2D eigenvalue weighted by atomic mass is 10.0. The second kappa shape index (κ2) is 9.55. The molecular formula is C24H24FNO7S. The maximum Gasteiger partial charge on any atom is 0.338 e. The standard InChI is InChI=1S/C24H24FNO7S/c1-2-15-10-18-17(12-23(28)33-21(18)13-20(15)27)14-32-24(29)16-6-7-19(25)22(11-16)34(30,31)26-8-4-3-5-9-26/h6-7,10-13,27H,2-5,8-9,14H2,1H3. The average Bonchev–Trinajstić information content (AvgIpc) is 2.82. The maximum atomic E-state index is 14.4. The topological polar surface area (TPSA) is 114 Å². The Balaban J connectivity index is 1.60. The van der Waals surface area contributed by atoms with Crippen molar-refractivity contribution in [2.75, 3.05) is 13.1 Å². The second-order valence-electron chi connectivity index (χ2n) is 8.11. The highest BCUT2D eigenvalue weighted by Gasteiger charge is 2.29. The van der Waals surface area contributed by atoms with Gasteiger partial charge in [-0.3, -0.25) is 0 Å². The number of benzene rings is 2. The summed E-state index contributed by atoms with van der Waals surface area (Å²) in [4.78, 5) is 24.0. The Hall–Kier alpha value is -3.24. The van der Waals surface area contributed by atoms with Crippen LogP contribution >= 0.6 is 0 Å². The number of carbonyl (C=O) groups is 1. The maximum absolute atomic E-state index is 14.4. The zero-order valence-electron chi connectivity index (χ0n) is 18.5. The van der Waals surface area contributed by atoms with E-state index in [2.05, 4.69) is 0 Å². The van der Waals surface area contributed by atoms with Crippen LogP contribution in [0.2, 0.25) is 0 Å². The molecule has 0 aliphatic carbocycles. The summed E-state index contributed by atoms with van der Waals surface area (Å²) in [6.07, 6.45) is 2.83. The van der Waals surface area contributed by atoms with Crippen LogP contribution in [0, 0.1) is 5.82 Å². The van der Waals surface area contributed by atoms with Gasteiger partial charge in [0.2, 0.25) is 10.0 Å². The Bertz CT molecular complexity index is 1410. The van der Waals surface area contributed by atoms with Gasteiger partial charge in [-0.15, -0.1) is 0 Å². The number of hydrogen-bond acceptors (Lipinski definition) is 7. The third-order valence-electron chi connectivity index (χ3n) is 5.87. The monoisotopic (exact) mass is 489 g/mol. The van der Waals surface area contributed by atoms with Crippen LogP contribution < -0.4 is 5.63 Å². The fourth-order valence-electron chi connectivity index (χ4n) is 4.01. The first-order chi connectivity index (χ1) is 16.2. The second-order valence-corrected chi connectivity index (χ2v) is 10.0. The van der Waals surface area contributed by atoms with Gasteiger partial charge < -0.3 is 14.3 Å². The van der Waals surface area contributed by atoms with E-state index < -0.39 is 32.3 Å². The van der Waals surface area contributed by atoms with Gasteiger partial charge >= 0.3 is 11.6 Å². The molecule has 0 spiro atoms. The van der Waals surface area contributed by atoms with Crippen LogP contribution in [0.4, 0.5) is 4.39 Å². The quantitative estimate of drug-likeness (QED) is 0.414. The number of esters is 1. The fourth-order valence-corrected chi connectivity index (χ4v) is 5.62. The van der Waals surface area contributed by atoms with Gasteiger partial charge in [0, 0.05) is 36.2 Å². The summed E-state index contributed by atoms with van der Waals surface area (Å²) in [7, 11) is -4.09. The zero-order chi connectivity index (χ0) is 24.5. The van der Waals surface area contributed by atoms with E-state index >= 15 is 0 Å². The Morgan fingerprint density at radius 3 is 2.56 bits per heavy atom. The number of aromatic hydroxyl groups is 1. The smallest absolute Gasteiger partial charge is 0.338 e. The van der Waals surface area contributed by atoms with Gasteiger partial charge in [-0.1, -0.05) is 13.3 Å². The predicted molar refractivity (Wildman–Crippen MR) is 122 cm³/mol. The zero-order valence-corrected chi connectivity index (χ0v) is 19.4. The van der Waals surface area contributed by atoms with Crippen LogP contribution in [0.1, 0.15) is 47.7 Å². The molecule has 0 radical (unpaired) electrons. The first-order valence-electron chi connectivity index (χ1n) is 11.0. The summed E-state index contributed by atoms with van der Waals surface area (Å²) in [6.45, 7) is 2.15. The molecule has 34 heavy (non-hydrogen) atoms. The molecule has 3 aromatic rings. The largest absolute Gasteiger partial charge is 0.508 e. The molecule has 1 saturated heterocycles. The van der Waals surface area contributed by atoms with Crippen molar-refractivity contribution in [3.8, 4) is 5.75 Å². The van der Waals surface area contributed by atoms with E-state index in [0.717, 1.165) is 24.6 Å². The molecule has 0 saturated carbocycles. The molecule has 1 fully saturated rings. The minimum atomic E-state index is -4.09. The van der Waals surface area contributed by atoms with Crippen molar-refractivity contribution in [1.29, 1.82) is 0 Å². The van der Waals surface area contributed by atoms with Crippen LogP contribution in [-0.2, 0) is 27.8 Å². The minimum absolute atomic E-state index is 0.0129. The van der Waals surface area contributed by atoms with Crippen LogP contribution in [-0.4, -0.2) is 36.9 Å². The molecule has 1 N–H and O–H groups in total. The van der Waals surface area contributed by atoms with E-state index in [1.807, 2.05) is 6.92 Å². The van der Waals surface area contributed by atoms with E-state index in [9.17, 15) is 27.5 Å². The van der Waals surface area contributed by atoms with Crippen molar-refractivity contribution >= 4 is 27.0 Å². The summed E-state index contributed by atoms with van der Waals surface area (Å²) in [5, 5.41) is 10.5. The summed E-state index contributed by atoms with van der Waals surface area (Å²) < 4.78 is 51.9. The van der Waals surface area contributed by atoms with Crippen molar-refractivity contribution in [2.45, 2.75) is 44.1 Å². The highest BCUT2D eigenvalue weighted by Crippen LogP contribution is 2.28. The van der Waals surface area contributed by atoms with Crippen molar-refractivity contribution in [2.24, 2.45) is 0 Å². The van der Waals surface area contributed by atoms with E-state index in [1.165, 1.54) is 16.4 Å². The molecule has 8 nitrogen and oxygen atoms in total. The van der Waals surface area contributed by atoms with Gasteiger partial charge in [-0.25, -0.2) is 22.4 Å². The van der Waals surface area contributed by atoms with E-state index in [-0.39, 0.29) is 23.5 Å². The molecule has 0 atom stereocenters. The van der Waals surface area contributed by atoms with E-state index in [1.54, 1.807) is 6.07 Å². The minimum Gasteiger partial charge on any atom is -0.508 e. The van der Waals surface area contributed by atoms with Gasteiger partial charge in [0.1, 0.15) is 28.7 Å². The highest BCUT2D eigenvalue weighted by molar-refractivity contribution is 7.89. The number of hydrogen-bond donors (Lipinski definition) is 1. The fraction of sp³-hybridized carbons (Fsp3) is 0.333. The number of ether oxygens (including phenoxy) is 1. The molecule has 1 aromatic heterocycles. The molecular weight excluding hydrogens is 465 g/mol. The predicted octanol–water partition coefficient (Wildman–Crippen LogP) is 3.73. The highest BCUT2D eigenvalue weighted by atomic mass is 32.2. The lowest BCUT2D eigenvalue weighted by molar-refractivity contribution is 0.0473. The van der Waals surface area contributed by atoms with E-state index in [0.29, 0.717) is 48.9 Å². The number of phenolic OH excluding ortho intramolecular Hbond substituents is 1. The molecule has 0 bridgehead atoms. The summed E-state index contributed by atoms with van der Waals surface area (Å²) >= 11 is 0. The van der Waals surface area contributed by atoms with E-state index in [4.69, 9.17) is 9.15 Å². The molecule has 0 unspecified atom stereocenters. The average molecular weight is 490 g/mol. The number of sulfonamides is 1. The molecule has 0 amide bonds. The Morgan fingerprint density at radius 2 is 1.85 bits per heavy atom. The van der Waals surface area contributed by atoms with Crippen molar-refractivity contribution in [3.05, 3.63) is 69.3 Å². The van der Waals surface area contributed by atoms with Crippen LogP contribution in [0.25, 0.3) is 11.0 Å². The number of aryl methyl sites for hydroxylation is 1. The SMILES string of the molecule is CCc1cc2c(COC(=O)c3ccc(F)c(S(=O)(=O)N4CCCCC4)c3)cc(=O)oc2cc1O. The lowest BCUT2D eigenvalue weighted by Crippen LogP contribution is -2.36. The Labute approximate surface area is 195 Å². The van der Waals surface area contributed by atoms with Gasteiger partial charge in [0.05, 0.1) is 5.56 Å². The first-order valence-corrected chi connectivity index (χ1v) is 12.4. The van der Waals surface area contributed by atoms with Crippen molar-refractivity contribution < 1.29 is 31.9 Å². The molecule has 2 aromatic carbocycles. The van der Waals surface area contributed by atoms with Crippen molar-refractivity contribution in [1.82, 2.24) is 4.31 Å². The van der Waals surface area contributed by atoms with Gasteiger partial charge in [-0.05, 0) is 49.1 Å². The number of phenols is 1. The Kier molecular flexibility index (Phi) is 6.72. The third kappa shape index (κ3) is 4.69. The Morgan fingerprint density at radius 1 is 1.12 bits per heavy atom.